The van der Waals surface area contributed by atoms with Crippen LogP contribution in [0.1, 0.15) is 57.9 Å². The normalized spacial score (nSPS) is 10.8. The van der Waals surface area contributed by atoms with E-state index in [1.165, 1.54) is 0 Å². The molecule has 0 unspecified atom stereocenters. The molecule has 3 rings (SSSR count). The predicted molar refractivity (Wildman–Crippen MR) is 138 cm³/mol. The van der Waals surface area contributed by atoms with E-state index >= 15 is 0 Å². The second-order valence-corrected chi connectivity index (χ2v) is 8.70. The second kappa shape index (κ2) is 12.7. The molecule has 0 saturated heterocycles. The summed E-state index contributed by atoms with van der Waals surface area (Å²) in [6.07, 6.45) is 5.30. The average Bonchev–Trinajstić information content (AvgIpc) is 3.26. The number of carbonyl (C=O) groups is 2. The van der Waals surface area contributed by atoms with Crippen LogP contribution in [-0.4, -0.2) is 39.6 Å². The minimum absolute atomic E-state index is 0.0463. The fourth-order valence-corrected chi connectivity index (χ4v) is 3.78. The first-order chi connectivity index (χ1) is 16.5. The highest BCUT2D eigenvalue weighted by Crippen LogP contribution is 2.25. The largest absolute Gasteiger partial charge is 0.333 e. The van der Waals surface area contributed by atoms with E-state index in [4.69, 9.17) is 5.10 Å². The van der Waals surface area contributed by atoms with Crippen molar-refractivity contribution in [2.45, 2.75) is 59.3 Å². The highest BCUT2D eigenvalue weighted by atomic mass is 16.2. The SMILES string of the molecule is CCCCCC(=O)N(CCCC)CC(=O)Nc1cc(-c2ccccc2)nn1-c1ccc(C)cc1. The molecule has 0 aliphatic carbocycles. The Morgan fingerprint density at radius 3 is 2.32 bits per heavy atom. The van der Waals surface area contributed by atoms with Gasteiger partial charge in [0, 0.05) is 24.6 Å². The fraction of sp³-hybridized carbons (Fsp3) is 0.393. The Bertz CT molecular complexity index is 1060. The summed E-state index contributed by atoms with van der Waals surface area (Å²) >= 11 is 0. The van der Waals surface area contributed by atoms with Crippen LogP contribution in [-0.2, 0) is 9.59 Å². The van der Waals surface area contributed by atoms with Crippen LogP contribution < -0.4 is 5.32 Å². The molecule has 0 saturated carbocycles. The number of unbranched alkanes of at least 4 members (excludes halogenated alkanes) is 3. The van der Waals surface area contributed by atoms with Crippen LogP contribution in [0.4, 0.5) is 5.82 Å². The molecular formula is C28H36N4O2. The molecule has 6 heteroatoms. The first kappa shape index (κ1) is 25.2. The van der Waals surface area contributed by atoms with Gasteiger partial charge in [0.25, 0.3) is 0 Å². The lowest BCUT2D eigenvalue weighted by Gasteiger charge is -2.22. The van der Waals surface area contributed by atoms with Crippen LogP contribution >= 0.6 is 0 Å². The van der Waals surface area contributed by atoms with E-state index < -0.39 is 0 Å². The van der Waals surface area contributed by atoms with E-state index in [0.717, 1.165) is 54.6 Å². The molecule has 2 aromatic carbocycles. The van der Waals surface area contributed by atoms with Gasteiger partial charge in [0.2, 0.25) is 11.8 Å². The summed E-state index contributed by atoms with van der Waals surface area (Å²) in [6.45, 7) is 6.89. The van der Waals surface area contributed by atoms with Crippen LogP contribution in [0.25, 0.3) is 16.9 Å². The minimum atomic E-state index is -0.215. The van der Waals surface area contributed by atoms with Crippen LogP contribution in [0, 0.1) is 6.92 Å². The first-order valence-electron chi connectivity index (χ1n) is 12.3. The van der Waals surface area contributed by atoms with Gasteiger partial charge in [-0.1, -0.05) is 81.1 Å². The third-order valence-corrected chi connectivity index (χ3v) is 5.79. The molecule has 3 aromatic rings. The minimum Gasteiger partial charge on any atom is -0.333 e. The highest BCUT2D eigenvalue weighted by Gasteiger charge is 2.19. The van der Waals surface area contributed by atoms with Crippen LogP contribution in [0.2, 0.25) is 0 Å². The maximum atomic E-state index is 13.1. The molecular weight excluding hydrogens is 424 g/mol. The Morgan fingerprint density at radius 2 is 1.65 bits per heavy atom. The molecule has 0 spiro atoms. The zero-order chi connectivity index (χ0) is 24.3. The second-order valence-electron chi connectivity index (χ2n) is 8.70. The summed E-state index contributed by atoms with van der Waals surface area (Å²) < 4.78 is 1.75. The highest BCUT2D eigenvalue weighted by molar-refractivity contribution is 5.94. The number of anilines is 1. The number of hydrogen-bond acceptors (Lipinski definition) is 3. The lowest BCUT2D eigenvalue weighted by molar-refractivity contribution is -0.134. The van der Waals surface area contributed by atoms with Gasteiger partial charge in [0.15, 0.2) is 0 Å². The molecule has 1 heterocycles. The number of nitrogens with zero attached hydrogens (tertiary/aromatic N) is 3. The zero-order valence-corrected chi connectivity index (χ0v) is 20.6. The van der Waals surface area contributed by atoms with Gasteiger partial charge in [-0.05, 0) is 31.9 Å². The number of rotatable bonds is 12. The van der Waals surface area contributed by atoms with Gasteiger partial charge >= 0.3 is 0 Å². The van der Waals surface area contributed by atoms with Crippen molar-refractivity contribution in [2.75, 3.05) is 18.4 Å². The quantitative estimate of drug-likeness (QED) is 0.337. The van der Waals surface area contributed by atoms with Crippen molar-refractivity contribution in [1.82, 2.24) is 14.7 Å². The van der Waals surface area contributed by atoms with E-state index in [2.05, 4.69) is 19.2 Å². The van der Waals surface area contributed by atoms with Crippen molar-refractivity contribution < 1.29 is 9.59 Å². The summed E-state index contributed by atoms with van der Waals surface area (Å²) in [7, 11) is 0. The zero-order valence-electron chi connectivity index (χ0n) is 20.6. The Morgan fingerprint density at radius 1 is 0.941 bits per heavy atom. The standard InChI is InChI=1S/C28H36N4O2/c1-4-6-9-14-28(34)31(19-7-5-2)21-27(33)29-26-20-25(23-12-10-8-11-13-23)30-32(26)24-17-15-22(3)16-18-24/h8,10-13,15-18,20H,4-7,9,14,19,21H2,1-3H3,(H,29,33). The summed E-state index contributed by atoms with van der Waals surface area (Å²) in [6, 6.07) is 19.8. The van der Waals surface area contributed by atoms with Crippen molar-refractivity contribution in [3.05, 3.63) is 66.2 Å². The number of hydrogen-bond donors (Lipinski definition) is 1. The Hall–Kier alpha value is -3.41. The number of aryl methyl sites for hydroxylation is 1. The predicted octanol–water partition coefficient (Wildman–Crippen LogP) is 6.00. The maximum Gasteiger partial charge on any atom is 0.245 e. The molecule has 0 bridgehead atoms. The van der Waals surface area contributed by atoms with E-state index in [0.29, 0.717) is 18.8 Å². The molecule has 1 N–H and O–H groups in total. The van der Waals surface area contributed by atoms with Crippen LogP contribution in [0.15, 0.2) is 60.7 Å². The van der Waals surface area contributed by atoms with Crippen molar-refractivity contribution in [1.29, 1.82) is 0 Å². The van der Waals surface area contributed by atoms with Crippen LogP contribution in [0.5, 0.6) is 0 Å². The maximum absolute atomic E-state index is 13.1. The molecule has 0 radical (unpaired) electrons. The topological polar surface area (TPSA) is 67.2 Å². The van der Waals surface area contributed by atoms with Gasteiger partial charge in [-0.3, -0.25) is 9.59 Å². The summed E-state index contributed by atoms with van der Waals surface area (Å²) in [5.74, 6) is 0.420. The van der Waals surface area contributed by atoms with Gasteiger partial charge in [-0.2, -0.15) is 5.10 Å². The molecule has 6 nitrogen and oxygen atoms in total. The molecule has 0 atom stereocenters. The first-order valence-corrected chi connectivity index (χ1v) is 12.3. The van der Waals surface area contributed by atoms with Gasteiger partial charge in [0.05, 0.1) is 17.9 Å². The molecule has 1 aromatic heterocycles. The average molecular weight is 461 g/mol. The molecule has 2 amide bonds. The Balaban J connectivity index is 1.81. The molecule has 180 valence electrons. The molecule has 0 aliphatic rings. The van der Waals surface area contributed by atoms with Gasteiger partial charge < -0.3 is 10.2 Å². The Labute approximate surface area is 203 Å². The monoisotopic (exact) mass is 460 g/mol. The van der Waals surface area contributed by atoms with Crippen molar-refractivity contribution in [3.8, 4) is 16.9 Å². The van der Waals surface area contributed by atoms with Gasteiger partial charge in [-0.25, -0.2) is 4.68 Å². The van der Waals surface area contributed by atoms with E-state index in [-0.39, 0.29) is 18.4 Å². The van der Waals surface area contributed by atoms with E-state index in [1.807, 2.05) is 67.6 Å². The molecule has 34 heavy (non-hydrogen) atoms. The van der Waals surface area contributed by atoms with Crippen molar-refractivity contribution >= 4 is 17.6 Å². The number of amides is 2. The summed E-state index contributed by atoms with van der Waals surface area (Å²) in [5.41, 5.74) is 3.76. The van der Waals surface area contributed by atoms with Crippen molar-refractivity contribution in [2.24, 2.45) is 0 Å². The van der Waals surface area contributed by atoms with Gasteiger partial charge in [0.1, 0.15) is 5.82 Å². The molecule has 0 fully saturated rings. The third kappa shape index (κ3) is 7.04. The molecule has 0 aliphatic heterocycles. The number of benzene rings is 2. The van der Waals surface area contributed by atoms with Gasteiger partial charge in [-0.15, -0.1) is 0 Å². The Kier molecular flexibility index (Phi) is 9.44. The lowest BCUT2D eigenvalue weighted by Crippen LogP contribution is -2.38. The lowest BCUT2D eigenvalue weighted by atomic mass is 10.1. The fourth-order valence-electron chi connectivity index (χ4n) is 3.78. The van der Waals surface area contributed by atoms with Crippen LogP contribution in [0.3, 0.4) is 0 Å². The number of carbonyl (C=O) groups excluding carboxylic acids is 2. The third-order valence-electron chi connectivity index (χ3n) is 5.79. The number of nitrogens with one attached hydrogen (secondary N) is 1. The van der Waals surface area contributed by atoms with Crippen molar-refractivity contribution in [3.63, 3.8) is 0 Å². The number of aromatic nitrogens is 2. The van der Waals surface area contributed by atoms with E-state index in [9.17, 15) is 9.59 Å². The smallest absolute Gasteiger partial charge is 0.245 e. The summed E-state index contributed by atoms with van der Waals surface area (Å²) in [5, 5.41) is 7.78. The summed E-state index contributed by atoms with van der Waals surface area (Å²) in [4.78, 5) is 27.5. The van der Waals surface area contributed by atoms with E-state index in [1.54, 1.807) is 9.58 Å².